The van der Waals surface area contributed by atoms with Crippen molar-refractivity contribution in [3.63, 3.8) is 0 Å². The van der Waals surface area contributed by atoms with Gasteiger partial charge in [-0.15, -0.1) is 0 Å². The number of nitrogens with zero attached hydrogens (tertiary/aromatic N) is 4. The fraction of sp³-hybridized carbons (Fsp3) is 0.412. The predicted octanol–water partition coefficient (Wildman–Crippen LogP) is 2.57. The number of aromatic nitrogens is 2. The van der Waals surface area contributed by atoms with E-state index in [1.54, 1.807) is 18.2 Å². The van der Waals surface area contributed by atoms with Gasteiger partial charge in [0.15, 0.2) is 0 Å². The topological polar surface area (TPSA) is 75.3 Å². The average molecular weight is 399 g/mol. The third-order valence-corrected chi connectivity index (χ3v) is 6.00. The van der Waals surface area contributed by atoms with Gasteiger partial charge in [0.05, 0.1) is 10.8 Å². The summed E-state index contributed by atoms with van der Waals surface area (Å²) < 4.78 is 52.8. The van der Waals surface area contributed by atoms with E-state index in [2.05, 4.69) is 9.97 Å². The maximum absolute atomic E-state index is 12.8. The van der Waals surface area contributed by atoms with Gasteiger partial charge in [-0.1, -0.05) is 6.07 Å². The Kier molecular flexibility index (Phi) is 5.66. The molecular weight excluding hydrogens is 379 g/mol. The first kappa shape index (κ1) is 19.6. The number of piperazine rings is 1. The lowest BCUT2D eigenvalue weighted by Crippen LogP contribution is -2.47. The first-order valence-corrected chi connectivity index (χ1v) is 9.52. The van der Waals surface area contributed by atoms with Crippen LogP contribution in [-0.4, -0.2) is 50.8 Å². The van der Waals surface area contributed by atoms with Gasteiger partial charge < -0.3 is 10.6 Å². The second-order valence-corrected chi connectivity index (χ2v) is 7.78. The molecule has 0 amide bonds. The number of hydrogen-bond donors (Lipinski definition) is 1. The number of rotatable bonds is 4. The van der Waals surface area contributed by atoms with Gasteiger partial charge in [0.1, 0.15) is 22.6 Å². The summed E-state index contributed by atoms with van der Waals surface area (Å²) in [5.41, 5.74) is 5.68. The van der Waals surface area contributed by atoms with Crippen molar-refractivity contribution in [1.82, 2.24) is 14.3 Å². The molecule has 3 rings (SSSR count). The Balaban J connectivity index is 1.60. The summed E-state index contributed by atoms with van der Waals surface area (Å²) in [4.78, 5) is 10.7. The number of hydrogen-bond acceptors (Lipinski definition) is 5. The lowest BCUT2D eigenvalue weighted by Gasteiger charge is -2.34. The fourth-order valence-corrected chi connectivity index (χ4v) is 3.88. The van der Waals surface area contributed by atoms with E-state index in [4.69, 9.17) is 5.73 Å². The molecule has 0 aliphatic carbocycles. The van der Waals surface area contributed by atoms with Crippen LogP contribution in [0.25, 0.3) is 0 Å². The average Bonchev–Trinajstić information content (AvgIpc) is 2.67. The molecule has 6 nitrogen and oxygen atoms in total. The molecule has 0 bridgehead atoms. The van der Waals surface area contributed by atoms with Crippen LogP contribution in [0, 0.1) is 0 Å². The summed E-state index contributed by atoms with van der Waals surface area (Å²) in [7, 11) is -1.33. The molecule has 0 aromatic carbocycles. The lowest BCUT2D eigenvalue weighted by molar-refractivity contribution is -0.146. The normalized spacial score (nSPS) is 18.3. The highest BCUT2D eigenvalue weighted by Crippen LogP contribution is 2.34. The number of alkyl halides is 3. The molecule has 0 spiro atoms. The third kappa shape index (κ3) is 4.56. The number of nitrogens with two attached hydrogens (primary N) is 1. The van der Waals surface area contributed by atoms with Gasteiger partial charge >= 0.3 is 6.18 Å². The van der Waals surface area contributed by atoms with Crippen LogP contribution < -0.4 is 10.6 Å². The van der Waals surface area contributed by atoms with E-state index in [9.17, 15) is 17.4 Å². The van der Waals surface area contributed by atoms with Crippen molar-refractivity contribution < 1.29 is 17.4 Å². The van der Waals surface area contributed by atoms with E-state index in [-0.39, 0.29) is 5.56 Å². The molecule has 146 valence electrons. The van der Waals surface area contributed by atoms with Crippen LogP contribution in [0.2, 0.25) is 0 Å². The highest BCUT2D eigenvalue weighted by atomic mass is 32.2. The smallest absolute Gasteiger partial charge is 0.384 e. The first-order valence-electron chi connectivity index (χ1n) is 8.41. The maximum atomic E-state index is 12.8. The van der Waals surface area contributed by atoms with Crippen molar-refractivity contribution >= 4 is 22.6 Å². The molecule has 0 radical (unpaired) electrons. The van der Waals surface area contributed by atoms with Crippen LogP contribution in [-0.2, 0) is 11.0 Å². The van der Waals surface area contributed by atoms with E-state index >= 15 is 0 Å². The Bertz CT molecular complexity index is 790. The molecule has 1 saturated heterocycles. The van der Waals surface area contributed by atoms with Gasteiger partial charge in [0, 0.05) is 38.6 Å². The second-order valence-electron chi connectivity index (χ2n) is 6.30. The highest BCUT2D eigenvalue weighted by molar-refractivity contribution is 7.82. The fourth-order valence-electron chi connectivity index (χ4n) is 2.76. The molecule has 2 atom stereocenters. The van der Waals surface area contributed by atoms with Gasteiger partial charge in [-0.25, -0.2) is 18.5 Å². The Hall–Kier alpha value is -2.20. The molecule has 2 aromatic heterocycles. The van der Waals surface area contributed by atoms with Crippen LogP contribution in [0.4, 0.5) is 24.8 Å². The van der Waals surface area contributed by atoms with Gasteiger partial charge in [-0.05, 0) is 30.7 Å². The van der Waals surface area contributed by atoms with E-state index in [1.807, 2.05) is 9.21 Å². The van der Waals surface area contributed by atoms with Crippen LogP contribution in [0.5, 0.6) is 0 Å². The third-order valence-electron chi connectivity index (χ3n) is 4.52. The molecular formula is C17H20F3N5OS. The highest BCUT2D eigenvalue weighted by Gasteiger charge is 2.37. The van der Waals surface area contributed by atoms with Crippen LogP contribution in [0.3, 0.4) is 0 Å². The summed E-state index contributed by atoms with van der Waals surface area (Å²) in [6.07, 6.45) is -1.51. The zero-order valence-electron chi connectivity index (χ0n) is 14.7. The summed E-state index contributed by atoms with van der Waals surface area (Å²) in [6, 6.07) is 6.36. The zero-order valence-corrected chi connectivity index (χ0v) is 15.5. The van der Waals surface area contributed by atoms with Crippen molar-refractivity contribution in [3.05, 3.63) is 42.2 Å². The Labute approximate surface area is 157 Å². The van der Waals surface area contributed by atoms with Gasteiger partial charge in [0.25, 0.3) is 0 Å². The molecule has 1 aliphatic rings. The van der Waals surface area contributed by atoms with Crippen molar-refractivity contribution in [2.45, 2.75) is 23.9 Å². The number of halogens is 3. The minimum Gasteiger partial charge on any atom is -0.384 e. The number of nitrogen functional groups attached to an aromatic ring is 1. The number of pyridine rings is 2. The molecule has 1 fully saturated rings. The van der Waals surface area contributed by atoms with Crippen molar-refractivity contribution in [1.29, 1.82) is 0 Å². The van der Waals surface area contributed by atoms with Crippen LogP contribution in [0.15, 0.2) is 41.6 Å². The predicted molar refractivity (Wildman–Crippen MR) is 97.6 cm³/mol. The van der Waals surface area contributed by atoms with Crippen LogP contribution >= 0.6 is 0 Å². The second kappa shape index (κ2) is 7.81. The first-order chi connectivity index (χ1) is 12.8. The van der Waals surface area contributed by atoms with Crippen molar-refractivity contribution in [2.24, 2.45) is 0 Å². The van der Waals surface area contributed by atoms with Gasteiger partial charge in [0.2, 0.25) is 0 Å². The minimum atomic E-state index is -4.28. The van der Waals surface area contributed by atoms with E-state index in [0.717, 1.165) is 6.92 Å². The van der Waals surface area contributed by atoms with E-state index in [0.29, 0.717) is 42.7 Å². The molecule has 2 unspecified atom stereocenters. The zero-order chi connectivity index (χ0) is 19.6. The minimum absolute atomic E-state index is 0.141. The SMILES string of the molecule is CC(c1ccc(N2CCN(S(=O)c3ccc(N)nc3)CC2)nc1)C(F)(F)F. The van der Waals surface area contributed by atoms with E-state index < -0.39 is 23.1 Å². The molecule has 1 aliphatic heterocycles. The van der Waals surface area contributed by atoms with Gasteiger partial charge in [-0.3, -0.25) is 0 Å². The summed E-state index contributed by atoms with van der Waals surface area (Å²) in [5, 5.41) is 0. The molecule has 0 saturated carbocycles. The quantitative estimate of drug-likeness (QED) is 0.855. The molecule has 3 heterocycles. The van der Waals surface area contributed by atoms with Crippen LogP contribution in [0.1, 0.15) is 18.4 Å². The Morgan fingerprint density at radius 1 is 1.07 bits per heavy atom. The Morgan fingerprint density at radius 3 is 2.30 bits per heavy atom. The molecule has 27 heavy (non-hydrogen) atoms. The standard InChI is InChI=1S/C17H20F3N5OS/c1-12(17(18,19)20)13-2-5-16(23-10-13)24-6-8-25(9-7-24)27(26)14-3-4-15(21)22-11-14/h2-5,10-12H,6-9H2,1H3,(H2,21,22). The molecule has 2 aromatic rings. The van der Waals surface area contributed by atoms with Crippen molar-refractivity contribution in [2.75, 3.05) is 36.8 Å². The van der Waals surface area contributed by atoms with Gasteiger partial charge in [-0.2, -0.15) is 13.2 Å². The van der Waals surface area contributed by atoms with E-state index in [1.165, 1.54) is 18.5 Å². The largest absolute Gasteiger partial charge is 0.395 e. The Morgan fingerprint density at radius 2 is 1.78 bits per heavy atom. The summed E-state index contributed by atoms with van der Waals surface area (Å²) >= 11 is 0. The maximum Gasteiger partial charge on any atom is 0.395 e. The summed E-state index contributed by atoms with van der Waals surface area (Å²) in [5.74, 6) is -0.561. The molecule has 2 N–H and O–H groups in total. The van der Waals surface area contributed by atoms with Crippen molar-refractivity contribution in [3.8, 4) is 0 Å². The summed E-state index contributed by atoms with van der Waals surface area (Å²) in [6.45, 7) is 3.36. The molecule has 10 heteroatoms. The monoisotopic (exact) mass is 399 g/mol. The lowest BCUT2D eigenvalue weighted by atomic mass is 10.0. The number of anilines is 2.